The summed E-state index contributed by atoms with van der Waals surface area (Å²) in [5.74, 6) is 1.53. The predicted octanol–water partition coefficient (Wildman–Crippen LogP) is 1.21. The summed E-state index contributed by atoms with van der Waals surface area (Å²) < 4.78 is 40.2. The minimum Gasteiger partial charge on any atom is -0.454 e. The van der Waals surface area contributed by atoms with Crippen LogP contribution in [0.3, 0.4) is 0 Å². The first-order valence-electron chi connectivity index (χ1n) is 9.96. The topological polar surface area (TPSA) is 103 Å². The molecule has 162 valence electrons. The van der Waals surface area contributed by atoms with E-state index in [2.05, 4.69) is 20.4 Å². The van der Waals surface area contributed by atoms with Crippen LogP contribution in [-0.2, 0) is 16.6 Å². The maximum atomic E-state index is 13.2. The van der Waals surface area contributed by atoms with Gasteiger partial charge in [-0.15, -0.1) is 5.10 Å². The molecular weight excluding hydrogens is 420 g/mol. The van der Waals surface area contributed by atoms with Gasteiger partial charge >= 0.3 is 0 Å². The van der Waals surface area contributed by atoms with E-state index in [1.165, 1.54) is 11.0 Å². The number of aryl methyl sites for hydroxylation is 1. The fourth-order valence-corrected chi connectivity index (χ4v) is 5.40. The van der Waals surface area contributed by atoms with Gasteiger partial charge in [-0.05, 0) is 58.8 Å². The number of tetrazole rings is 1. The van der Waals surface area contributed by atoms with E-state index in [0.29, 0.717) is 26.2 Å². The number of ether oxygens (including phenoxy) is 2. The minimum absolute atomic E-state index is 0.255. The molecule has 0 spiro atoms. The van der Waals surface area contributed by atoms with Crippen molar-refractivity contribution < 1.29 is 17.9 Å². The van der Waals surface area contributed by atoms with Gasteiger partial charge in [0.15, 0.2) is 11.5 Å². The Morgan fingerprint density at radius 3 is 2.55 bits per heavy atom. The summed E-state index contributed by atoms with van der Waals surface area (Å²) in [5.41, 5.74) is 2.65. The number of rotatable bonds is 5. The molecule has 0 saturated carbocycles. The Hall–Kier alpha value is -3.02. The standard InChI is InChI=1S/C20H22N6O4S/c1-15-10-17(3-4-18(15)26-13-21-22-23-26)31(27,28)25-8-6-24(7-9-25)12-16-2-5-19-20(11-16)30-14-29-19/h2-5,10-11,13H,6-9,12,14H2,1H3. The molecule has 0 amide bonds. The third-order valence-corrected chi connectivity index (χ3v) is 7.47. The second kappa shape index (κ2) is 7.91. The summed E-state index contributed by atoms with van der Waals surface area (Å²) in [6.07, 6.45) is 1.48. The molecule has 11 heteroatoms. The van der Waals surface area contributed by atoms with Crippen molar-refractivity contribution in [2.45, 2.75) is 18.4 Å². The van der Waals surface area contributed by atoms with Gasteiger partial charge in [0.2, 0.25) is 16.8 Å². The zero-order valence-electron chi connectivity index (χ0n) is 17.0. The van der Waals surface area contributed by atoms with Gasteiger partial charge in [-0.3, -0.25) is 4.90 Å². The predicted molar refractivity (Wildman–Crippen MR) is 110 cm³/mol. The third-order valence-electron chi connectivity index (χ3n) is 5.58. The van der Waals surface area contributed by atoms with E-state index in [9.17, 15) is 8.42 Å². The van der Waals surface area contributed by atoms with Gasteiger partial charge in [0, 0.05) is 32.7 Å². The smallest absolute Gasteiger partial charge is 0.243 e. The van der Waals surface area contributed by atoms with E-state index in [1.54, 1.807) is 22.5 Å². The van der Waals surface area contributed by atoms with Gasteiger partial charge in [-0.25, -0.2) is 13.1 Å². The first kappa shape index (κ1) is 19.9. The van der Waals surface area contributed by atoms with E-state index >= 15 is 0 Å². The highest BCUT2D eigenvalue weighted by atomic mass is 32.2. The molecule has 0 N–H and O–H groups in total. The van der Waals surface area contributed by atoms with Crippen LogP contribution in [0.5, 0.6) is 11.5 Å². The molecule has 0 bridgehead atoms. The number of hydrogen-bond donors (Lipinski definition) is 0. The number of aromatic nitrogens is 4. The number of nitrogens with zero attached hydrogens (tertiary/aromatic N) is 6. The van der Waals surface area contributed by atoms with Crippen molar-refractivity contribution in [1.29, 1.82) is 0 Å². The zero-order chi connectivity index (χ0) is 21.4. The van der Waals surface area contributed by atoms with Crippen LogP contribution in [0.15, 0.2) is 47.6 Å². The highest BCUT2D eigenvalue weighted by molar-refractivity contribution is 7.89. The molecule has 1 fully saturated rings. The van der Waals surface area contributed by atoms with Gasteiger partial charge in [0.05, 0.1) is 10.6 Å². The van der Waals surface area contributed by atoms with Crippen molar-refractivity contribution in [3.05, 3.63) is 53.9 Å². The van der Waals surface area contributed by atoms with E-state index in [1.807, 2.05) is 25.1 Å². The maximum Gasteiger partial charge on any atom is 0.243 e. The Balaban J connectivity index is 1.25. The quantitative estimate of drug-likeness (QED) is 0.581. The number of benzene rings is 2. The number of sulfonamides is 1. The summed E-state index contributed by atoms with van der Waals surface area (Å²) in [7, 11) is -3.57. The molecule has 0 atom stereocenters. The largest absolute Gasteiger partial charge is 0.454 e. The first-order chi connectivity index (χ1) is 15.0. The molecule has 3 heterocycles. The van der Waals surface area contributed by atoms with Crippen LogP contribution in [0.25, 0.3) is 5.69 Å². The van der Waals surface area contributed by atoms with Crippen LogP contribution in [0.4, 0.5) is 0 Å². The lowest BCUT2D eigenvalue weighted by molar-refractivity contribution is 0.173. The monoisotopic (exact) mass is 442 g/mol. The Bertz CT molecular complexity index is 1190. The number of hydrogen-bond acceptors (Lipinski definition) is 8. The van der Waals surface area contributed by atoms with E-state index in [-0.39, 0.29) is 11.7 Å². The van der Waals surface area contributed by atoms with Gasteiger partial charge in [0.1, 0.15) is 6.33 Å². The Morgan fingerprint density at radius 1 is 1.00 bits per heavy atom. The van der Waals surface area contributed by atoms with Crippen LogP contribution in [0.1, 0.15) is 11.1 Å². The number of piperazine rings is 1. The summed E-state index contributed by atoms with van der Waals surface area (Å²) >= 11 is 0. The second-order valence-electron chi connectivity index (χ2n) is 7.57. The number of fused-ring (bicyclic) bond motifs is 1. The molecule has 1 aromatic heterocycles. The van der Waals surface area contributed by atoms with E-state index in [0.717, 1.165) is 34.9 Å². The highest BCUT2D eigenvalue weighted by Gasteiger charge is 2.29. The van der Waals surface area contributed by atoms with Crippen LogP contribution >= 0.6 is 0 Å². The molecule has 2 aromatic carbocycles. The molecular formula is C20H22N6O4S. The van der Waals surface area contributed by atoms with Crippen LogP contribution in [0.2, 0.25) is 0 Å². The molecule has 1 saturated heterocycles. The Kier molecular flexibility index (Phi) is 5.08. The SMILES string of the molecule is Cc1cc(S(=O)(=O)N2CCN(Cc3ccc4c(c3)OCO4)CC2)ccc1-n1cnnn1. The van der Waals surface area contributed by atoms with Gasteiger partial charge in [-0.1, -0.05) is 6.07 Å². The van der Waals surface area contributed by atoms with Gasteiger partial charge < -0.3 is 9.47 Å². The lowest BCUT2D eigenvalue weighted by atomic mass is 10.2. The Labute approximate surface area is 180 Å². The van der Waals surface area contributed by atoms with Gasteiger partial charge in [0.25, 0.3) is 0 Å². The average molecular weight is 443 g/mol. The minimum atomic E-state index is -3.57. The van der Waals surface area contributed by atoms with Crippen LogP contribution in [0, 0.1) is 6.92 Å². The highest BCUT2D eigenvalue weighted by Crippen LogP contribution is 2.33. The maximum absolute atomic E-state index is 13.2. The van der Waals surface area contributed by atoms with Crippen molar-refractivity contribution >= 4 is 10.0 Å². The molecule has 0 unspecified atom stereocenters. The summed E-state index contributed by atoms with van der Waals surface area (Å²) in [5, 5.41) is 11.1. The molecule has 31 heavy (non-hydrogen) atoms. The fourth-order valence-electron chi connectivity index (χ4n) is 3.89. The molecule has 2 aliphatic heterocycles. The normalized spacial score (nSPS) is 17.2. The molecule has 0 radical (unpaired) electrons. The second-order valence-corrected chi connectivity index (χ2v) is 9.51. The molecule has 0 aliphatic carbocycles. The van der Waals surface area contributed by atoms with Crippen molar-refractivity contribution in [2.75, 3.05) is 33.0 Å². The van der Waals surface area contributed by atoms with E-state index < -0.39 is 10.0 Å². The average Bonchev–Trinajstić information content (AvgIpc) is 3.46. The first-order valence-corrected chi connectivity index (χ1v) is 11.4. The Morgan fingerprint density at radius 2 is 1.81 bits per heavy atom. The van der Waals surface area contributed by atoms with Crippen LogP contribution in [-0.4, -0.2) is 70.8 Å². The van der Waals surface area contributed by atoms with Crippen molar-refractivity contribution in [1.82, 2.24) is 29.4 Å². The molecule has 2 aliphatic rings. The van der Waals surface area contributed by atoms with Crippen LogP contribution < -0.4 is 9.47 Å². The third kappa shape index (κ3) is 3.87. The van der Waals surface area contributed by atoms with Crippen molar-refractivity contribution in [3.8, 4) is 17.2 Å². The summed E-state index contributed by atoms with van der Waals surface area (Å²) in [6, 6.07) is 10.9. The lowest BCUT2D eigenvalue weighted by Crippen LogP contribution is -2.48. The molecule has 3 aromatic rings. The summed E-state index contributed by atoms with van der Waals surface area (Å²) in [4.78, 5) is 2.53. The van der Waals surface area contributed by atoms with Crippen molar-refractivity contribution in [2.24, 2.45) is 0 Å². The van der Waals surface area contributed by atoms with E-state index in [4.69, 9.17) is 9.47 Å². The lowest BCUT2D eigenvalue weighted by Gasteiger charge is -2.34. The van der Waals surface area contributed by atoms with Gasteiger partial charge in [-0.2, -0.15) is 4.31 Å². The fraction of sp³-hybridized carbons (Fsp3) is 0.350. The zero-order valence-corrected chi connectivity index (χ0v) is 17.8. The summed E-state index contributed by atoms with van der Waals surface area (Å²) in [6.45, 7) is 5.06. The molecule has 10 nitrogen and oxygen atoms in total. The molecule has 5 rings (SSSR count). The van der Waals surface area contributed by atoms with Crippen molar-refractivity contribution in [3.63, 3.8) is 0 Å².